The third-order valence-corrected chi connectivity index (χ3v) is 3.59. The predicted molar refractivity (Wildman–Crippen MR) is 77.7 cm³/mol. The first kappa shape index (κ1) is 16.7. The SMILES string of the molecule is CC1CN(CC(=O)NC2CCOCC2)CC(C)N1.Cl. The summed E-state index contributed by atoms with van der Waals surface area (Å²) in [6.45, 7) is 8.29. The van der Waals surface area contributed by atoms with Crippen molar-refractivity contribution >= 4 is 18.3 Å². The van der Waals surface area contributed by atoms with E-state index in [4.69, 9.17) is 4.74 Å². The zero-order valence-corrected chi connectivity index (χ0v) is 12.7. The molecule has 1 amide bonds. The first-order valence-electron chi connectivity index (χ1n) is 6.99. The molecule has 0 bridgehead atoms. The Labute approximate surface area is 121 Å². The van der Waals surface area contributed by atoms with E-state index in [1.165, 1.54) is 0 Å². The second kappa shape index (κ2) is 8.04. The highest BCUT2D eigenvalue weighted by Crippen LogP contribution is 2.07. The number of carbonyl (C=O) groups excluding carboxylic acids is 1. The third-order valence-electron chi connectivity index (χ3n) is 3.59. The quantitative estimate of drug-likeness (QED) is 0.790. The molecule has 5 nitrogen and oxygen atoms in total. The van der Waals surface area contributed by atoms with E-state index >= 15 is 0 Å². The van der Waals surface area contributed by atoms with Gasteiger partial charge in [0.15, 0.2) is 0 Å². The molecule has 0 saturated carbocycles. The van der Waals surface area contributed by atoms with Gasteiger partial charge < -0.3 is 15.4 Å². The van der Waals surface area contributed by atoms with Crippen molar-refractivity contribution in [1.82, 2.24) is 15.5 Å². The van der Waals surface area contributed by atoms with E-state index in [-0.39, 0.29) is 18.3 Å². The number of rotatable bonds is 3. The van der Waals surface area contributed by atoms with Crippen molar-refractivity contribution in [2.45, 2.75) is 44.8 Å². The molecule has 0 spiro atoms. The zero-order valence-electron chi connectivity index (χ0n) is 11.9. The van der Waals surface area contributed by atoms with E-state index in [9.17, 15) is 4.79 Å². The molecule has 0 aromatic carbocycles. The van der Waals surface area contributed by atoms with Crippen LogP contribution in [-0.2, 0) is 9.53 Å². The number of halogens is 1. The number of ether oxygens (including phenoxy) is 1. The Bertz CT molecular complexity index is 275. The van der Waals surface area contributed by atoms with E-state index in [0.717, 1.165) is 39.1 Å². The highest BCUT2D eigenvalue weighted by molar-refractivity contribution is 5.85. The molecule has 2 saturated heterocycles. The Hall–Kier alpha value is -0.360. The van der Waals surface area contributed by atoms with Gasteiger partial charge in [-0.3, -0.25) is 9.69 Å². The molecule has 2 rings (SSSR count). The molecular weight excluding hydrogens is 266 g/mol. The number of carbonyl (C=O) groups is 1. The Morgan fingerprint density at radius 1 is 1.26 bits per heavy atom. The fourth-order valence-corrected chi connectivity index (χ4v) is 2.89. The van der Waals surface area contributed by atoms with E-state index in [1.54, 1.807) is 0 Å². The fourth-order valence-electron chi connectivity index (χ4n) is 2.89. The van der Waals surface area contributed by atoms with Crippen molar-refractivity contribution in [3.8, 4) is 0 Å². The average molecular weight is 292 g/mol. The third kappa shape index (κ3) is 5.65. The van der Waals surface area contributed by atoms with Crippen LogP contribution in [0.15, 0.2) is 0 Å². The van der Waals surface area contributed by atoms with Crippen LogP contribution in [0.25, 0.3) is 0 Å². The molecule has 0 aromatic heterocycles. The summed E-state index contributed by atoms with van der Waals surface area (Å²) >= 11 is 0. The van der Waals surface area contributed by atoms with Crippen LogP contribution in [0.5, 0.6) is 0 Å². The molecule has 19 heavy (non-hydrogen) atoms. The van der Waals surface area contributed by atoms with E-state index in [2.05, 4.69) is 29.4 Å². The van der Waals surface area contributed by atoms with Gasteiger partial charge in [0.1, 0.15) is 0 Å². The second-order valence-electron chi connectivity index (χ2n) is 5.62. The van der Waals surface area contributed by atoms with Gasteiger partial charge in [0.2, 0.25) is 5.91 Å². The van der Waals surface area contributed by atoms with E-state index < -0.39 is 0 Å². The molecule has 2 aliphatic heterocycles. The summed E-state index contributed by atoms with van der Waals surface area (Å²) in [6, 6.07) is 1.23. The highest BCUT2D eigenvalue weighted by atomic mass is 35.5. The van der Waals surface area contributed by atoms with E-state index in [0.29, 0.717) is 24.7 Å². The van der Waals surface area contributed by atoms with Crippen LogP contribution in [0, 0.1) is 0 Å². The minimum atomic E-state index is 0. The predicted octanol–water partition coefficient (Wildman–Crippen LogP) is 0.386. The van der Waals surface area contributed by atoms with Gasteiger partial charge in [-0.15, -0.1) is 12.4 Å². The van der Waals surface area contributed by atoms with Crippen molar-refractivity contribution < 1.29 is 9.53 Å². The summed E-state index contributed by atoms with van der Waals surface area (Å²) in [5, 5.41) is 6.59. The molecule has 0 aliphatic carbocycles. The normalized spacial score (nSPS) is 29.6. The molecular formula is C13H26ClN3O2. The Morgan fingerprint density at radius 2 is 1.84 bits per heavy atom. The maximum absolute atomic E-state index is 12.0. The van der Waals surface area contributed by atoms with Crippen LogP contribution in [0.3, 0.4) is 0 Å². The smallest absolute Gasteiger partial charge is 0.234 e. The van der Waals surface area contributed by atoms with E-state index in [1.807, 2.05) is 0 Å². The first-order valence-corrected chi connectivity index (χ1v) is 6.99. The number of amides is 1. The molecule has 2 fully saturated rings. The molecule has 2 heterocycles. The van der Waals surface area contributed by atoms with Crippen LogP contribution in [0.4, 0.5) is 0 Å². The zero-order chi connectivity index (χ0) is 13.0. The lowest BCUT2D eigenvalue weighted by molar-refractivity contribution is -0.123. The molecule has 112 valence electrons. The Balaban J connectivity index is 0.00000180. The van der Waals surface area contributed by atoms with Gasteiger partial charge in [-0.05, 0) is 26.7 Å². The lowest BCUT2D eigenvalue weighted by atomic mass is 10.1. The summed E-state index contributed by atoms with van der Waals surface area (Å²) in [7, 11) is 0. The lowest BCUT2D eigenvalue weighted by Crippen LogP contribution is -2.56. The Morgan fingerprint density at radius 3 is 2.42 bits per heavy atom. The lowest BCUT2D eigenvalue weighted by Gasteiger charge is -2.36. The maximum atomic E-state index is 12.0. The number of hydrogen-bond acceptors (Lipinski definition) is 4. The summed E-state index contributed by atoms with van der Waals surface area (Å²) in [4.78, 5) is 14.2. The average Bonchev–Trinajstić information content (AvgIpc) is 2.28. The molecule has 0 radical (unpaired) electrons. The van der Waals surface area contributed by atoms with Gasteiger partial charge in [0, 0.05) is 44.4 Å². The van der Waals surface area contributed by atoms with Crippen LogP contribution < -0.4 is 10.6 Å². The first-order chi connectivity index (χ1) is 8.63. The minimum Gasteiger partial charge on any atom is -0.381 e. The maximum Gasteiger partial charge on any atom is 0.234 e. The standard InChI is InChI=1S/C13H25N3O2.ClH/c1-10-7-16(8-11(2)14-10)9-13(17)15-12-3-5-18-6-4-12;/h10-12,14H,3-9H2,1-2H3,(H,15,17);1H. The van der Waals surface area contributed by atoms with Gasteiger partial charge in [-0.1, -0.05) is 0 Å². The van der Waals surface area contributed by atoms with Gasteiger partial charge in [-0.25, -0.2) is 0 Å². The molecule has 0 aromatic rings. The van der Waals surface area contributed by atoms with Gasteiger partial charge in [0.05, 0.1) is 6.54 Å². The Kier molecular flexibility index (Phi) is 7.07. The number of hydrogen-bond donors (Lipinski definition) is 2. The van der Waals surface area contributed by atoms with Crippen LogP contribution in [0.2, 0.25) is 0 Å². The van der Waals surface area contributed by atoms with Gasteiger partial charge >= 0.3 is 0 Å². The topological polar surface area (TPSA) is 53.6 Å². The van der Waals surface area contributed by atoms with Crippen molar-refractivity contribution in [1.29, 1.82) is 0 Å². The summed E-state index contributed by atoms with van der Waals surface area (Å²) in [5.41, 5.74) is 0. The van der Waals surface area contributed by atoms with Gasteiger partial charge in [0.25, 0.3) is 0 Å². The van der Waals surface area contributed by atoms with Crippen LogP contribution in [0.1, 0.15) is 26.7 Å². The number of piperazine rings is 1. The molecule has 2 aliphatic rings. The van der Waals surface area contributed by atoms with Gasteiger partial charge in [-0.2, -0.15) is 0 Å². The molecule has 2 unspecified atom stereocenters. The van der Waals surface area contributed by atoms with Crippen LogP contribution >= 0.6 is 12.4 Å². The minimum absolute atomic E-state index is 0. The van der Waals surface area contributed by atoms with Crippen molar-refractivity contribution in [2.75, 3.05) is 32.8 Å². The summed E-state index contributed by atoms with van der Waals surface area (Å²) < 4.78 is 5.29. The number of nitrogens with zero attached hydrogens (tertiary/aromatic N) is 1. The molecule has 2 atom stereocenters. The molecule has 2 N–H and O–H groups in total. The van der Waals surface area contributed by atoms with Crippen molar-refractivity contribution in [3.63, 3.8) is 0 Å². The molecule has 6 heteroatoms. The summed E-state index contributed by atoms with van der Waals surface area (Å²) in [5.74, 6) is 0.156. The summed E-state index contributed by atoms with van der Waals surface area (Å²) in [6.07, 6.45) is 1.89. The monoisotopic (exact) mass is 291 g/mol. The highest BCUT2D eigenvalue weighted by Gasteiger charge is 2.23. The van der Waals surface area contributed by atoms with Crippen molar-refractivity contribution in [2.24, 2.45) is 0 Å². The van der Waals surface area contributed by atoms with Crippen LogP contribution in [-0.4, -0.2) is 61.8 Å². The fraction of sp³-hybridized carbons (Fsp3) is 0.923. The number of nitrogens with one attached hydrogen (secondary N) is 2. The van der Waals surface area contributed by atoms with Crippen molar-refractivity contribution in [3.05, 3.63) is 0 Å². The largest absolute Gasteiger partial charge is 0.381 e. The second-order valence-corrected chi connectivity index (χ2v) is 5.62.